The van der Waals surface area contributed by atoms with E-state index in [9.17, 15) is 14.4 Å². The van der Waals surface area contributed by atoms with Gasteiger partial charge in [-0.3, -0.25) is 14.9 Å². The summed E-state index contributed by atoms with van der Waals surface area (Å²) < 4.78 is 2.06. The molecule has 180 valence electrons. The average molecular weight is 510 g/mol. The zero-order valence-corrected chi connectivity index (χ0v) is 21.6. The molecular formula is C27H25Cl2N3O3. The maximum atomic E-state index is 13.3. The van der Waals surface area contributed by atoms with Crippen molar-refractivity contribution in [2.45, 2.75) is 40.0 Å². The molecule has 0 spiro atoms. The van der Waals surface area contributed by atoms with Crippen LogP contribution in [0.4, 0.5) is 10.5 Å². The van der Waals surface area contributed by atoms with Gasteiger partial charge in [0.05, 0.1) is 15.7 Å². The number of urea groups is 1. The second kappa shape index (κ2) is 9.02. The summed E-state index contributed by atoms with van der Waals surface area (Å²) in [6, 6.07) is 13.9. The Hall–Kier alpha value is -3.35. The average Bonchev–Trinajstić information content (AvgIpc) is 3.06. The van der Waals surface area contributed by atoms with E-state index in [-0.39, 0.29) is 26.7 Å². The topological polar surface area (TPSA) is 71.4 Å². The third-order valence-electron chi connectivity index (χ3n) is 6.04. The van der Waals surface area contributed by atoms with Gasteiger partial charge in [0.1, 0.15) is 5.57 Å². The maximum absolute atomic E-state index is 13.3. The van der Waals surface area contributed by atoms with Gasteiger partial charge in [0.15, 0.2) is 0 Å². The first-order valence-corrected chi connectivity index (χ1v) is 11.8. The summed E-state index contributed by atoms with van der Waals surface area (Å²) in [6.07, 6.45) is 1.50. The van der Waals surface area contributed by atoms with E-state index in [1.807, 2.05) is 19.9 Å². The van der Waals surface area contributed by atoms with Gasteiger partial charge in [0, 0.05) is 17.1 Å². The predicted molar refractivity (Wildman–Crippen MR) is 139 cm³/mol. The molecular weight excluding hydrogens is 485 g/mol. The highest BCUT2D eigenvalue weighted by Gasteiger charge is 2.38. The molecule has 0 aliphatic carbocycles. The second-order valence-corrected chi connectivity index (χ2v) is 10.3. The number of anilines is 1. The zero-order valence-electron chi connectivity index (χ0n) is 20.1. The first-order chi connectivity index (χ1) is 16.4. The Kier molecular flexibility index (Phi) is 6.38. The Balaban J connectivity index is 1.75. The molecule has 35 heavy (non-hydrogen) atoms. The molecule has 3 aromatic rings. The molecule has 0 bridgehead atoms. The van der Waals surface area contributed by atoms with Crippen molar-refractivity contribution < 1.29 is 14.4 Å². The number of aryl methyl sites for hydroxylation is 1. The van der Waals surface area contributed by atoms with Crippen LogP contribution >= 0.6 is 23.2 Å². The number of amides is 4. The number of nitrogens with one attached hydrogen (secondary N) is 1. The standard InChI is InChI=1S/C27H25Cl2N3O3/c1-15-13-17(16(2)31(15)19-11-9-18(10-12-19)27(3,4)5)14-20-24(33)30-26(35)32(25(20)34)22-8-6-7-21(28)23(22)29/h6-14H,1-5H3,(H,30,33,35)/b20-14+. The fourth-order valence-corrected chi connectivity index (χ4v) is 4.52. The highest BCUT2D eigenvalue weighted by Crippen LogP contribution is 2.35. The highest BCUT2D eigenvalue weighted by atomic mass is 35.5. The molecule has 4 rings (SSSR count). The highest BCUT2D eigenvalue weighted by molar-refractivity contribution is 6.46. The molecule has 1 aliphatic heterocycles. The van der Waals surface area contributed by atoms with Crippen LogP contribution in [-0.4, -0.2) is 22.4 Å². The zero-order chi connectivity index (χ0) is 25.7. The van der Waals surface area contributed by atoms with Crippen molar-refractivity contribution in [3.8, 4) is 5.69 Å². The molecule has 1 N–H and O–H groups in total. The Labute approximate surface area is 214 Å². The van der Waals surface area contributed by atoms with Crippen molar-refractivity contribution in [2.24, 2.45) is 0 Å². The summed E-state index contributed by atoms with van der Waals surface area (Å²) in [5, 5.41) is 2.45. The van der Waals surface area contributed by atoms with Gasteiger partial charge in [-0.1, -0.05) is 62.2 Å². The van der Waals surface area contributed by atoms with Crippen LogP contribution in [0.25, 0.3) is 11.8 Å². The Bertz CT molecular complexity index is 1400. The van der Waals surface area contributed by atoms with E-state index < -0.39 is 17.8 Å². The number of nitrogens with zero attached hydrogens (tertiary/aromatic N) is 2. The van der Waals surface area contributed by atoms with Crippen LogP contribution in [0.1, 0.15) is 43.3 Å². The molecule has 2 heterocycles. The molecule has 0 saturated carbocycles. The molecule has 4 amide bonds. The number of aromatic nitrogens is 1. The summed E-state index contributed by atoms with van der Waals surface area (Å²) in [7, 11) is 0. The van der Waals surface area contributed by atoms with Crippen LogP contribution in [0, 0.1) is 13.8 Å². The van der Waals surface area contributed by atoms with E-state index in [0.29, 0.717) is 5.56 Å². The van der Waals surface area contributed by atoms with Crippen LogP contribution in [-0.2, 0) is 15.0 Å². The normalized spacial score (nSPS) is 15.7. The number of hydrogen-bond donors (Lipinski definition) is 1. The molecule has 1 fully saturated rings. The number of rotatable bonds is 3. The monoisotopic (exact) mass is 509 g/mol. The number of benzene rings is 2. The molecule has 0 radical (unpaired) electrons. The minimum Gasteiger partial charge on any atom is -0.318 e. The lowest BCUT2D eigenvalue weighted by Gasteiger charge is -2.27. The number of imide groups is 2. The van der Waals surface area contributed by atoms with Gasteiger partial charge in [0.2, 0.25) is 0 Å². The van der Waals surface area contributed by atoms with Crippen LogP contribution in [0.2, 0.25) is 10.0 Å². The van der Waals surface area contributed by atoms with E-state index in [0.717, 1.165) is 22.0 Å². The molecule has 8 heteroatoms. The fraction of sp³-hybridized carbons (Fsp3) is 0.222. The smallest absolute Gasteiger partial charge is 0.318 e. The Morgan fingerprint density at radius 1 is 0.943 bits per heavy atom. The summed E-state index contributed by atoms with van der Waals surface area (Å²) in [4.78, 5) is 39.3. The molecule has 6 nitrogen and oxygen atoms in total. The van der Waals surface area contributed by atoms with Crippen LogP contribution in [0.15, 0.2) is 54.1 Å². The van der Waals surface area contributed by atoms with Crippen molar-refractivity contribution in [3.63, 3.8) is 0 Å². The van der Waals surface area contributed by atoms with Gasteiger partial charge >= 0.3 is 6.03 Å². The minimum absolute atomic E-state index is 0.0405. The third kappa shape index (κ3) is 4.51. The second-order valence-electron chi connectivity index (χ2n) is 9.49. The van der Waals surface area contributed by atoms with Gasteiger partial charge in [-0.15, -0.1) is 0 Å². The number of carbonyl (C=O) groups is 3. The number of carbonyl (C=O) groups excluding carboxylic acids is 3. The minimum atomic E-state index is -0.884. The predicted octanol–water partition coefficient (Wildman–Crippen LogP) is 6.36. The summed E-state index contributed by atoms with van der Waals surface area (Å²) >= 11 is 12.3. The quantitative estimate of drug-likeness (QED) is 0.329. The maximum Gasteiger partial charge on any atom is 0.336 e. The fourth-order valence-electron chi connectivity index (χ4n) is 4.14. The third-order valence-corrected chi connectivity index (χ3v) is 6.84. The van der Waals surface area contributed by atoms with Crippen molar-refractivity contribution in [1.29, 1.82) is 0 Å². The van der Waals surface area contributed by atoms with Crippen molar-refractivity contribution in [3.05, 3.63) is 86.7 Å². The van der Waals surface area contributed by atoms with Crippen LogP contribution in [0.5, 0.6) is 0 Å². The van der Waals surface area contributed by atoms with Crippen molar-refractivity contribution in [1.82, 2.24) is 9.88 Å². The van der Waals surface area contributed by atoms with Crippen LogP contribution < -0.4 is 10.2 Å². The van der Waals surface area contributed by atoms with E-state index in [2.05, 4.69) is 54.9 Å². The lowest BCUT2D eigenvalue weighted by Crippen LogP contribution is -2.54. The molecule has 2 aromatic carbocycles. The molecule has 1 aliphatic rings. The van der Waals surface area contributed by atoms with Crippen molar-refractivity contribution >= 4 is 52.8 Å². The SMILES string of the molecule is Cc1cc(/C=C2\C(=O)NC(=O)N(c3cccc(Cl)c3Cl)C2=O)c(C)n1-c1ccc(C(C)(C)C)cc1. The molecule has 0 atom stereocenters. The van der Waals surface area contributed by atoms with Gasteiger partial charge in [0.25, 0.3) is 11.8 Å². The largest absolute Gasteiger partial charge is 0.336 e. The van der Waals surface area contributed by atoms with E-state index in [1.165, 1.54) is 17.7 Å². The lowest BCUT2D eigenvalue weighted by atomic mass is 9.87. The van der Waals surface area contributed by atoms with E-state index >= 15 is 0 Å². The van der Waals surface area contributed by atoms with E-state index in [1.54, 1.807) is 12.1 Å². The number of halogens is 2. The van der Waals surface area contributed by atoms with Gasteiger partial charge in [-0.25, -0.2) is 9.69 Å². The van der Waals surface area contributed by atoms with Gasteiger partial charge in [-0.05, 0) is 66.8 Å². The summed E-state index contributed by atoms with van der Waals surface area (Å²) in [5.74, 6) is -1.55. The van der Waals surface area contributed by atoms with Gasteiger partial charge in [-0.2, -0.15) is 0 Å². The number of barbiturate groups is 1. The van der Waals surface area contributed by atoms with Crippen LogP contribution in [0.3, 0.4) is 0 Å². The molecule has 1 aromatic heterocycles. The summed E-state index contributed by atoms with van der Waals surface area (Å²) in [6.45, 7) is 10.4. The first kappa shape index (κ1) is 24.8. The first-order valence-electron chi connectivity index (χ1n) is 11.1. The molecule has 1 saturated heterocycles. The molecule has 0 unspecified atom stereocenters. The van der Waals surface area contributed by atoms with Gasteiger partial charge < -0.3 is 4.57 Å². The van der Waals surface area contributed by atoms with Crippen molar-refractivity contribution in [2.75, 3.05) is 4.90 Å². The Morgan fingerprint density at radius 3 is 2.23 bits per heavy atom. The van der Waals surface area contributed by atoms with E-state index in [4.69, 9.17) is 23.2 Å². The summed E-state index contributed by atoms with van der Waals surface area (Å²) in [5.41, 5.74) is 4.63. The lowest BCUT2D eigenvalue weighted by molar-refractivity contribution is -0.122. The number of hydrogen-bond acceptors (Lipinski definition) is 3. The Morgan fingerprint density at radius 2 is 1.60 bits per heavy atom.